The number of ether oxygens (including phenoxy) is 2. The molecule has 0 spiro atoms. The zero-order chi connectivity index (χ0) is 21.3. The van der Waals surface area contributed by atoms with Crippen molar-refractivity contribution in [2.24, 2.45) is 0 Å². The Morgan fingerprint density at radius 3 is 2.27 bits per heavy atom. The normalized spacial score (nSPS) is 11.6. The second-order valence-electron chi connectivity index (χ2n) is 7.08. The van der Waals surface area contributed by atoms with E-state index in [4.69, 9.17) is 9.47 Å². The van der Waals surface area contributed by atoms with Gasteiger partial charge < -0.3 is 14.8 Å². The Morgan fingerprint density at radius 1 is 0.900 bits per heavy atom. The van der Waals surface area contributed by atoms with E-state index in [2.05, 4.69) is 5.32 Å². The quantitative estimate of drug-likeness (QED) is 0.550. The molecule has 0 saturated carbocycles. The van der Waals surface area contributed by atoms with Crippen LogP contribution >= 0.6 is 0 Å². The van der Waals surface area contributed by atoms with Crippen molar-refractivity contribution < 1.29 is 18.7 Å². The molecule has 0 fully saturated rings. The Labute approximate surface area is 176 Å². The van der Waals surface area contributed by atoms with Crippen molar-refractivity contribution in [2.45, 2.75) is 25.3 Å². The van der Waals surface area contributed by atoms with Gasteiger partial charge >= 0.3 is 0 Å². The van der Waals surface area contributed by atoms with Crippen LogP contribution in [-0.4, -0.2) is 20.1 Å². The van der Waals surface area contributed by atoms with Crippen LogP contribution in [0.1, 0.15) is 29.2 Å². The maximum absolute atomic E-state index is 13.3. The summed E-state index contributed by atoms with van der Waals surface area (Å²) in [4.78, 5) is 12.7. The van der Waals surface area contributed by atoms with E-state index < -0.39 is 0 Å². The third kappa shape index (κ3) is 6.08. The predicted molar refractivity (Wildman–Crippen MR) is 115 cm³/mol. The van der Waals surface area contributed by atoms with E-state index in [1.165, 1.54) is 12.1 Å². The number of aryl methyl sites for hydroxylation is 1. The fourth-order valence-electron chi connectivity index (χ4n) is 3.30. The molecule has 0 aliphatic carbocycles. The molecule has 1 atom stereocenters. The summed E-state index contributed by atoms with van der Waals surface area (Å²) >= 11 is 0. The van der Waals surface area contributed by atoms with Crippen molar-refractivity contribution in [3.8, 4) is 11.5 Å². The molecule has 0 bridgehead atoms. The molecule has 1 amide bonds. The Morgan fingerprint density at radius 2 is 1.60 bits per heavy atom. The lowest BCUT2D eigenvalue weighted by Crippen LogP contribution is -2.30. The van der Waals surface area contributed by atoms with Crippen LogP contribution in [0, 0.1) is 5.82 Å². The van der Waals surface area contributed by atoms with Gasteiger partial charge in [0, 0.05) is 6.42 Å². The van der Waals surface area contributed by atoms with Crippen molar-refractivity contribution in [1.29, 1.82) is 0 Å². The third-order valence-corrected chi connectivity index (χ3v) is 4.98. The van der Waals surface area contributed by atoms with E-state index in [0.717, 1.165) is 28.2 Å². The number of amides is 1. The standard InChI is InChI=1S/C25H26FNO3/c1-29-22-13-9-20(10-14-22)24(17-19-6-11-21(26)12-7-19)27-25(28)15-8-18-4-3-5-23(16-18)30-2/h3-7,9-14,16,24H,8,15,17H2,1-2H3,(H,27,28). The first-order valence-corrected chi connectivity index (χ1v) is 9.88. The van der Waals surface area contributed by atoms with Gasteiger partial charge in [0.25, 0.3) is 0 Å². The van der Waals surface area contributed by atoms with Gasteiger partial charge in [-0.05, 0) is 65.9 Å². The first kappa shape index (κ1) is 21.4. The highest BCUT2D eigenvalue weighted by atomic mass is 19.1. The van der Waals surface area contributed by atoms with Gasteiger partial charge in [-0.3, -0.25) is 4.79 Å². The van der Waals surface area contributed by atoms with Crippen LogP contribution in [-0.2, 0) is 17.6 Å². The lowest BCUT2D eigenvalue weighted by Gasteiger charge is -2.20. The molecule has 1 N–H and O–H groups in total. The van der Waals surface area contributed by atoms with E-state index in [0.29, 0.717) is 19.3 Å². The predicted octanol–water partition coefficient (Wildman–Crippen LogP) is 4.88. The highest BCUT2D eigenvalue weighted by Gasteiger charge is 2.16. The number of halogens is 1. The van der Waals surface area contributed by atoms with Crippen molar-refractivity contribution in [1.82, 2.24) is 5.32 Å². The average molecular weight is 407 g/mol. The molecule has 156 valence electrons. The van der Waals surface area contributed by atoms with Crippen molar-refractivity contribution in [3.05, 3.63) is 95.3 Å². The Kier molecular flexibility index (Phi) is 7.44. The molecule has 3 rings (SSSR count). The summed E-state index contributed by atoms with van der Waals surface area (Å²) in [6.45, 7) is 0. The molecule has 0 heterocycles. The van der Waals surface area contributed by atoms with Crippen molar-refractivity contribution in [3.63, 3.8) is 0 Å². The lowest BCUT2D eigenvalue weighted by molar-refractivity contribution is -0.121. The SMILES string of the molecule is COc1ccc(C(Cc2ccc(F)cc2)NC(=O)CCc2cccc(OC)c2)cc1. The minimum absolute atomic E-state index is 0.0410. The third-order valence-electron chi connectivity index (χ3n) is 4.98. The van der Waals surface area contributed by atoms with Crippen LogP contribution in [0.15, 0.2) is 72.8 Å². The average Bonchev–Trinajstić information content (AvgIpc) is 2.79. The van der Waals surface area contributed by atoms with Gasteiger partial charge in [0.15, 0.2) is 0 Å². The molecule has 4 nitrogen and oxygen atoms in total. The molecule has 0 aliphatic rings. The molecule has 3 aromatic carbocycles. The van der Waals surface area contributed by atoms with E-state index in [1.54, 1.807) is 26.4 Å². The summed E-state index contributed by atoms with van der Waals surface area (Å²) in [5.74, 6) is 1.21. The zero-order valence-corrected chi connectivity index (χ0v) is 17.2. The van der Waals surface area contributed by atoms with Gasteiger partial charge in [0.05, 0.1) is 20.3 Å². The lowest BCUT2D eigenvalue weighted by atomic mass is 9.98. The molecule has 0 aromatic heterocycles. The molecule has 0 aliphatic heterocycles. The van der Waals surface area contributed by atoms with Crippen LogP contribution in [0.5, 0.6) is 11.5 Å². The second kappa shape index (κ2) is 10.4. The zero-order valence-electron chi connectivity index (χ0n) is 17.2. The van der Waals surface area contributed by atoms with E-state index in [1.807, 2.05) is 48.5 Å². The minimum atomic E-state index is -0.276. The summed E-state index contributed by atoms with van der Waals surface area (Å²) in [6, 6.07) is 21.5. The van der Waals surface area contributed by atoms with E-state index in [9.17, 15) is 9.18 Å². The summed E-state index contributed by atoms with van der Waals surface area (Å²) in [5.41, 5.74) is 2.96. The summed E-state index contributed by atoms with van der Waals surface area (Å²) in [7, 11) is 3.24. The molecule has 5 heteroatoms. The van der Waals surface area contributed by atoms with Crippen molar-refractivity contribution >= 4 is 5.91 Å². The van der Waals surface area contributed by atoms with Gasteiger partial charge in [-0.25, -0.2) is 4.39 Å². The van der Waals surface area contributed by atoms with Crippen LogP contribution in [0.2, 0.25) is 0 Å². The Balaban J connectivity index is 1.69. The number of carbonyl (C=O) groups excluding carboxylic acids is 1. The largest absolute Gasteiger partial charge is 0.497 e. The number of benzene rings is 3. The van der Waals surface area contributed by atoms with Crippen LogP contribution in [0.3, 0.4) is 0 Å². The van der Waals surface area contributed by atoms with Gasteiger partial charge in [-0.15, -0.1) is 0 Å². The van der Waals surface area contributed by atoms with E-state index >= 15 is 0 Å². The summed E-state index contributed by atoms with van der Waals surface area (Å²) in [5, 5.41) is 3.13. The molecule has 3 aromatic rings. The second-order valence-corrected chi connectivity index (χ2v) is 7.08. The number of hydrogen-bond acceptors (Lipinski definition) is 3. The molecule has 0 saturated heterocycles. The highest BCUT2D eigenvalue weighted by Crippen LogP contribution is 2.22. The molecule has 1 unspecified atom stereocenters. The maximum Gasteiger partial charge on any atom is 0.220 e. The number of rotatable bonds is 9. The number of methoxy groups -OCH3 is 2. The van der Waals surface area contributed by atoms with Crippen LogP contribution < -0.4 is 14.8 Å². The number of carbonyl (C=O) groups is 1. The summed E-state index contributed by atoms with van der Waals surface area (Å²) in [6.07, 6.45) is 1.55. The summed E-state index contributed by atoms with van der Waals surface area (Å²) < 4.78 is 23.7. The van der Waals surface area contributed by atoms with Crippen molar-refractivity contribution in [2.75, 3.05) is 14.2 Å². The first-order valence-electron chi connectivity index (χ1n) is 9.88. The maximum atomic E-state index is 13.3. The van der Waals surface area contributed by atoms with Gasteiger partial charge in [-0.2, -0.15) is 0 Å². The molecule has 30 heavy (non-hydrogen) atoms. The fraction of sp³-hybridized carbons (Fsp3) is 0.240. The van der Waals surface area contributed by atoms with Crippen LogP contribution in [0.4, 0.5) is 4.39 Å². The molecular formula is C25H26FNO3. The van der Waals surface area contributed by atoms with Gasteiger partial charge in [0.1, 0.15) is 17.3 Å². The fourth-order valence-corrected chi connectivity index (χ4v) is 3.30. The van der Waals surface area contributed by atoms with Gasteiger partial charge in [-0.1, -0.05) is 36.4 Å². The molecular weight excluding hydrogens is 381 g/mol. The Hall–Kier alpha value is -3.34. The van der Waals surface area contributed by atoms with Gasteiger partial charge in [0.2, 0.25) is 5.91 Å². The Bertz CT molecular complexity index is 955. The first-order chi connectivity index (χ1) is 14.6. The minimum Gasteiger partial charge on any atom is -0.497 e. The molecule has 0 radical (unpaired) electrons. The van der Waals surface area contributed by atoms with Crippen LogP contribution in [0.25, 0.3) is 0 Å². The smallest absolute Gasteiger partial charge is 0.220 e. The van der Waals surface area contributed by atoms with E-state index in [-0.39, 0.29) is 17.8 Å². The topological polar surface area (TPSA) is 47.6 Å². The number of nitrogens with one attached hydrogen (secondary N) is 1. The highest BCUT2D eigenvalue weighted by molar-refractivity contribution is 5.76. The number of hydrogen-bond donors (Lipinski definition) is 1. The monoisotopic (exact) mass is 407 g/mol.